The molecule has 0 aliphatic carbocycles. The Morgan fingerprint density at radius 3 is 2.50 bits per heavy atom. The van der Waals surface area contributed by atoms with E-state index in [-0.39, 0.29) is 0 Å². The van der Waals surface area contributed by atoms with Crippen LogP contribution in [0.3, 0.4) is 0 Å². The van der Waals surface area contributed by atoms with E-state index in [2.05, 4.69) is 31.9 Å². The predicted octanol–water partition coefficient (Wildman–Crippen LogP) is 2.97. The highest BCUT2D eigenvalue weighted by molar-refractivity contribution is 9.11. The Balaban J connectivity index is 3.02. The molecule has 12 heavy (non-hydrogen) atoms. The number of rotatable bonds is 2. The minimum Gasteiger partial charge on any atom is -0.480 e. The van der Waals surface area contributed by atoms with Crippen molar-refractivity contribution in [1.29, 1.82) is 0 Å². The second-order valence-corrected chi connectivity index (χ2v) is 3.99. The molecule has 0 aliphatic rings. The number of carbonyl (C=O) groups is 1. The van der Waals surface area contributed by atoms with Gasteiger partial charge < -0.3 is 5.11 Å². The highest BCUT2D eigenvalue weighted by Crippen LogP contribution is 2.29. The summed E-state index contributed by atoms with van der Waals surface area (Å²) in [5, 5.41) is 8.69. The standard InChI is InChI=1S/C8H6Br2O2/c9-6-4-2-1-3-5(6)7(10)8(11)12/h1-4,7H,(H,11,12)/t7-/m1/s1. The van der Waals surface area contributed by atoms with Crippen molar-refractivity contribution in [2.45, 2.75) is 4.83 Å². The number of carboxylic acids is 1. The number of benzene rings is 1. The van der Waals surface area contributed by atoms with Gasteiger partial charge in [-0.05, 0) is 11.6 Å². The molecule has 0 aromatic heterocycles. The molecule has 0 aliphatic heterocycles. The third kappa shape index (κ3) is 2.08. The van der Waals surface area contributed by atoms with E-state index in [1.807, 2.05) is 12.1 Å². The van der Waals surface area contributed by atoms with Crippen molar-refractivity contribution in [3.63, 3.8) is 0 Å². The number of alkyl halides is 1. The van der Waals surface area contributed by atoms with Gasteiger partial charge in [-0.1, -0.05) is 50.1 Å². The summed E-state index contributed by atoms with van der Waals surface area (Å²) in [6.45, 7) is 0. The molecule has 0 unspecified atom stereocenters. The maximum absolute atomic E-state index is 10.6. The Hall–Kier alpha value is -0.350. The van der Waals surface area contributed by atoms with Crippen LogP contribution in [0.25, 0.3) is 0 Å². The first-order valence-corrected chi connectivity index (χ1v) is 4.95. The summed E-state index contributed by atoms with van der Waals surface area (Å²) in [4.78, 5) is 9.94. The molecule has 1 rings (SSSR count). The highest BCUT2D eigenvalue weighted by atomic mass is 79.9. The molecule has 1 aromatic rings. The van der Waals surface area contributed by atoms with E-state index in [1.165, 1.54) is 0 Å². The Bertz CT molecular complexity index is 299. The van der Waals surface area contributed by atoms with Crippen LogP contribution >= 0.6 is 31.9 Å². The zero-order valence-electron chi connectivity index (χ0n) is 6.00. The van der Waals surface area contributed by atoms with Crippen LogP contribution in [0.4, 0.5) is 0 Å². The van der Waals surface area contributed by atoms with E-state index in [9.17, 15) is 4.79 Å². The van der Waals surface area contributed by atoms with Gasteiger partial charge in [-0.2, -0.15) is 0 Å². The normalized spacial score (nSPS) is 12.5. The van der Waals surface area contributed by atoms with Crippen LogP contribution in [0.15, 0.2) is 28.7 Å². The molecule has 1 aromatic carbocycles. The van der Waals surface area contributed by atoms with Crippen molar-refractivity contribution >= 4 is 37.8 Å². The van der Waals surface area contributed by atoms with Crippen molar-refractivity contribution in [3.8, 4) is 0 Å². The molecule has 0 amide bonds. The predicted molar refractivity (Wildman–Crippen MR) is 53.4 cm³/mol. The van der Waals surface area contributed by atoms with Gasteiger partial charge in [0.2, 0.25) is 0 Å². The molecular formula is C8H6Br2O2. The van der Waals surface area contributed by atoms with Gasteiger partial charge in [-0.3, -0.25) is 4.79 Å². The lowest BCUT2D eigenvalue weighted by atomic mass is 10.1. The molecule has 1 N–H and O–H groups in total. The summed E-state index contributed by atoms with van der Waals surface area (Å²) in [7, 11) is 0. The van der Waals surface area contributed by atoms with Crippen molar-refractivity contribution in [2.24, 2.45) is 0 Å². The SMILES string of the molecule is O=C(O)[C@H](Br)c1ccccc1Br. The summed E-state index contributed by atoms with van der Waals surface area (Å²) in [5.41, 5.74) is 0.727. The Labute approximate surface area is 86.9 Å². The topological polar surface area (TPSA) is 37.3 Å². The zero-order valence-corrected chi connectivity index (χ0v) is 9.17. The van der Waals surface area contributed by atoms with E-state index in [0.29, 0.717) is 0 Å². The Morgan fingerprint density at radius 1 is 1.42 bits per heavy atom. The smallest absolute Gasteiger partial charge is 0.321 e. The van der Waals surface area contributed by atoms with Gasteiger partial charge in [0.25, 0.3) is 0 Å². The fourth-order valence-electron chi connectivity index (χ4n) is 0.814. The first-order chi connectivity index (χ1) is 5.63. The molecule has 0 saturated carbocycles. The maximum Gasteiger partial charge on any atom is 0.321 e. The van der Waals surface area contributed by atoms with Crippen LogP contribution in [0, 0.1) is 0 Å². The Kier molecular flexibility index (Phi) is 3.29. The van der Waals surface area contributed by atoms with Crippen LogP contribution in [-0.4, -0.2) is 11.1 Å². The van der Waals surface area contributed by atoms with E-state index in [0.717, 1.165) is 10.0 Å². The molecule has 0 radical (unpaired) electrons. The third-order valence-electron chi connectivity index (χ3n) is 1.40. The van der Waals surface area contributed by atoms with Gasteiger partial charge >= 0.3 is 5.97 Å². The quantitative estimate of drug-likeness (QED) is 0.851. The lowest BCUT2D eigenvalue weighted by molar-refractivity contribution is -0.136. The second kappa shape index (κ2) is 4.05. The summed E-state index contributed by atoms with van der Waals surface area (Å²) in [5.74, 6) is -0.887. The molecule has 0 bridgehead atoms. The molecule has 1 atom stereocenters. The monoisotopic (exact) mass is 292 g/mol. The van der Waals surface area contributed by atoms with Crippen molar-refractivity contribution in [1.82, 2.24) is 0 Å². The third-order valence-corrected chi connectivity index (χ3v) is 3.00. The number of hydrogen-bond acceptors (Lipinski definition) is 1. The Morgan fingerprint density at radius 2 is 2.00 bits per heavy atom. The maximum atomic E-state index is 10.6. The zero-order chi connectivity index (χ0) is 9.14. The fourth-order valence-corrected chi connectivity index (χ4v) is 2.03. The average Bonchev–Trinajstić information content (AvgIpc) is 2.04. The van der Waals surface area contributed by atoms with E-state index >= 15 is 0 Å². The first-order valence-electron chi connectivity index (χ1n) is 3.24. The van der Waals surface area contributed by atoms with Crippen LogP contribution < -0.4 is 0 Å². The lowest BCUT2D eigenvalue weighted by Gasteiger charge is -2.06. The van der Waals surface area contributed by atoms with Gasteiger partial charge in [0, 0.05) is 4.47 Å². The lowest BCUT2D eigenvalue weighted by Crippen LogP contribution is -2.04. The summed E-state index contributed by atoms with van der Waals surface area (Å²) < 4.78 is 0.800. The molecule has 4 heteroatoms. The number of hydrogen-bond donors (Lipinski definition) is 1. The minimum absolute atomic E-state index is 0.645. The van der Waals surface area contributed by atoms with Gasteiger partial charge in [-0.25, -0.2) is 0 Å². The molecular weight excluding hydrogens is 288 g/mol. The van der Waals surface area contributed by atoms with Crippen LogP contribution in [0.1, 0.15) is 10.4 Å². The molecule has 0 heterocycles. The molecule has 0 spiro atoms. The summed E-state index contributed by atoms with van der Waals surface area (Å²) in [6.07, 6.45) is 0. The summed E-state index contributed by atoms with van der Waals surface area (Å²) in [6, 6.07) is 7.22. The van der Waals surface area contributed by atoms with Gasteiger partial charge in [0.1, 0.15) is 4.83 Å². The van der Waals surface area contributed by atoms with Crippen LogP contribution in [0.5, 0.6) is 0 Å². The number of carboxylic acid groups (broad SMARTS) is 1. The van der Waals surface area contributed by atoms with Crippen molar-refractivity contribution < 1.29 is 9.90 Å². The van der Waals surface area contributed by atoms with E-state index < -0.39 is 10.8 Å². The highest BCUT2D eigenvalue weighted by Gasteiger charge is 2.17. The average molecular weight is 294 g/mol. The van der Waals surface area contributed by atoms with Crippen LogP contribution in [-0.2, 0) is 4.79 Å². The number of aliphatic carboxylic acids is 1. The molecule has 64 valence electrons. The van der Waals surface area contributed by atoms with Crippen LogP contribution in [0.2, 0.25) is 0 Å². The second-order valence-electron chi connectivity index (χ2n) is 2.22. The molecule has 2 nitrogen and oxygen atoms in total. The van der Waals surface area contributed by atoms with E-state index in [4.69, 9.17) is 5.11 Å². The largest absolute Gasteiger partial charge is 0.480 e. The molecule has 0 saturated heterocycles. The van der Waals surface area contributed by atoms with Gasteiger partial charge in [0.15, 0.2) is 0 Å². The van der Waals surface area contributed by atoms with Gasteiger partial charge in [-0.15, -0.1) is 0 Å². The summed E-state index contributed by atoms with van der Waals surface area (Å²) >= 11 is 6.34. The van der Waals surface area contributed by atoms with Crippen molar-refractivity contribution in [2.75, 3.05) is 0 Å². The van der Waals surface area contributed by atoms with Gasteiger partial charge in [0.05, 0.1) is 0 Å². The molecule has 0 fully saturated rings. The fraction of sp³-hybridized carbons (Fsp3) is 0.125. The minimum atomic E-state index is -0.887. The van der Waals surface area contributed by atoms with E-state index in [1.54, 1.807) is 12.1 Å². The van der Waals surface area contributed by atoms with Crippen molar-refractivity contribution in [3.05, 3.63) is 34.3 Å². The number of halogens is 2. The first kappa shape index (κ1) is 9.74.